The molecule has 0 saturated heterocycles. The van der Waals surface area contributed by atoms with Crippen LogP contribution in [0.1, 0.15) is 16.7 Å². The third-order valence-electron chi connectivity index (χ3n) is 4.21. The van der Waals surface area contributed by atoms with Gasteiger partial charge in [-0.15, -0.1) is 0 Å². The number of nitriles is 1. The molecule has 0 amide bonds. The van der Waals surface area contributed by atoms with Crippen molar-refractivity contribution in [1.29, 1.82) is 5.26 Å². The number of rotatable bonds is 6. The average molecular weight is 568 g/mol. The number of ether oxygens (including phenoxy) is 2. The van der Waals surface area contributed by atoms with Gasteiger partial charge in [0.25, 0.3) is 0 Å². The molecule has 0 fully saturated rings. The van der Waals surface area contributed by atoms with Crippen LogP contribution < -0.4 is 9.47 Å². The van der Waals surface area contributed by atoms with Crippen LogP contribution in [-0.2, 0) is 6.61 Å². The van der Waals surface area contributed by atoms with Gasteiger partial charge >= 0.3 is 0 Å². The Morgan fingerprint density at radius 3 is 2.40 bits per heavy atom. The van der Waals surface area contributed by atoms with Crippen molar-refractivity contribution in [1.82, 2.24) is 0 Å². The van der Waals surface area contributed by atoms with Crippen LogP contribution >= 0.6 is 55.1 Å². The summed E-state index contributed by atoms with van der Waals surface area (Å²) in [6.07, 6.45) is 1.76. The summed E-state index contributed by atoms with van der Waals surface area (Å²) in [4.78, 5) is 0. The molecule has 0 N–H and O–H groups in total. The van der Waals surface area contributed by atoms with Gasteiger partial charge in [-0.1, -0.05) is 57.3 Å². The Bertz CT molecular complexity index is 1140. The van der Waals surface area contributed by atoms with E-state index in [0.29, 0.717) is 39.3 Å². The SMILES string of the molecule is COc1cc(/C=C(/C#N)c2ccc(Cl)c(Cl)c2)cc(Br)c1OCc1ccc(Br)cc1. The van der Waals surface area contributed by atoms with Crippen LogP contribution in [0.4, 0.5) is 0 Å². The topological polar surface area (TPSA) is 42.2 Å². The maximum atomic E-state index is 9.62. The summed E-state index contributed by atoms with van der Waals surface area (Å²) in [6.45, 7) is 0.393. The zero-order chi connectivity index (χ0) is 21.7. The normalized spacial score (nSPS) is 11.1. The molecule has 30 heavy (non-hydrogen) atoms. The van der Waals surface area contributed by atoms with Crippen molar-refractivity contribution in [3.05, 3.63) is 90.3 Å². The number of hydrogen-bond acceptors (Lipinski definition) is 3. The molecule has 0 heterocycles. The van der Waals surface area contributed by atoms with Gasteiger partial charge < -0.3 is 9.47 Å². The largest absolute Gasteiger partial charge is 0.493 e. The lowest BCUT2D eigenvalue weighted by Gasteiger charge is -2.14. The summed E-state index contributed by atoms with van der Waals surface area (Å²) in [5.41, 5.74) is 2.93. The fourth-order valence-electron chi connectivity index (χ4n) is 2.71. The zero-order valence-corrected chi connectivity index (χ0v) is 20.4. The molecule has 0 aliphatic heterocycles. The van der Waals surface area contributed by atoms with E-state index in [4.69, 9.17) is 32.7 Å². The first-order valence-electron chi connectivity index (χ1n) is 8.73. The lowest BCUT2D eigenvalue weighted by Crippen LogP contribution is -1.99. The molecule has 0 radical (unpaired) electrons. The minimum absolute atomic E-state index is 0.393. The van der Waals surface area contributed by atoms with Gasteiger partial charge in [-0.3, -0.25) is 0 Å². The van der Waals surface area contributed by atoms with E-state index in [-0.39, 0.29) is 0 Å². The molecule has 7 heteroatoms. The third-order valence-corrected chi connectivity index (χ3v) is 6.07. The molecule has 3 nitrogen and oxygen atoms in total. The van der Waals surface area contributed by atoms with Crippen molar-refractivity contribution in [3.8, 4) is 17.6 Å². The van der Waals surface area contributed by atoms with Crippen LogP contribution in [0.5, 0.6) is 11.5 Å². The van der Waals surface area contributed by atoms with Gasteiger partial charge in [0.1, 0.15) is 6.61 Å². The van der Waals surface area contributed by atoms with E-state index in [1.54, 1.807) is 31.4 Å². The first-order chi connectivity index (χ1) is 14.4. The molecule has 3 rings (SSSR count). The molecule has 0 saturated carbocycles. The third kappa shape index (κ3) is 5.59. The Kier molecular flexibility index (Phi) is 7.85. The molecule has 0 unspecified atom stereocenters. The number of methoxy groups -OCH3 is 1. The molecule has 0 aliphatic rings. The van der Waals surface area contributed by atoms with Crippen LogP contribution in [0.2, 0.25) is 10.0 Å². The summed E-state index contributed by atoms with van der Waals surface area (Å²) in [6, 6.07) is 18.9. The van der Waals surface area contributed by atoms with Crippen LogP contribution in [0, 0.1) is 11.3 Å². The van der Waals surface area contributed by atoms with E-state index < -0.39 is 0 Å². The first kappa shape index (κ1) is 22.7. The summed E-state index contributed by atoms with van der Waals surface area (Å²) in [5.74, 6) is 1.14. The quantitative estimate of drug-likeness (QED) is 0.223. The summed E-state index contributed by atoms with van der Waals surface area (Å²) >= 11 is 19.0. The number of nitrogens with zero attached hydrogens (tertiary/aromatic N) is 1. The van der Waals surface area contributed by atoms with Gasteiger partial charge in [0, 0.05) is 4.47 Å². The fourth-order valence-corrected chi connectivity index (χ4v) is 3.85. The molecule has 3 aromatic carbocycles. The summed E-state index contributed by atoms with van der Waals surface area (Å²) in [5, 5.41) is 10.4. The van der Waals surface area contributed by atoms with Crippen LogP contribution in [0.15, 0.2) is 63.5 Å². The van der Waals surface area contributed by atoms with Crippen molar-refractivity contribution < 1.29 is 9.47 Å². The average Bonchev–Trinajstić information content (AvgIpc) is 2.74. The summed E-state index contributed by atoms with van der Waals surface area (Å²) < 4.78 is 13.2. The second-order valence-electron chi connectivity index (χ2n) is 6.25. The van der Waals surface area contributed by atoms with Crippen molar-refractivity contribution in [3.63, 3.8) is 0 Å². The van der Waals surface area contributed by atoms with E-state index in [2.05, 4.69) is 37.9 Å². The minimum atomic E-state index is 0.393. The molecular weight excluding hydrogens is 553 g/mol. The number of allylic oxidation sites excluding steroid dienone is 1. The maximum Gasteiger partial charge on any atom is 0.175 e. The standard InChI is InChI=1S/C23H15Br2Cl2NO2/c1-29-22-10-15(8-17(12-28)16-4-7-20(26)21(27)11-16)9-19(25)23(22)30-13-14-2-5-18(24)6-3-14/h2-11H,13H2,1H3/b17-8-. The lowest BCUT2D eigenvalue weighted by atomic mass is 10.0. The summed E-state index contributed by atoms with van der Waals surface area (Å²) in [7, 11) is 1.58. The Hall–Kier alpha value is -1.97. The zero-order valence-electron chi connectivity index (χ0n) is 15.8. The van der Waals surface area contributed by atoms with Gasteiger partial charge in [-0.2, -0.15) is 5.26 Å². The van der Waals surface area contributed by atoms with Crippen LogP contribution in [0.25, 0.3) is 11.6 Å². The Morgan fingerprint density at radius 2 is 1.77 bits per heavy atom. The van der Waals surface area contributed by atoms with Gasteiger partial charge in [0.15, 0.2) is 11.5 Å². The minimum Gasteiger partial charge on any atom is -0.493 e. The smallest absolute Gasteiger partial charge is 0.175 e. The number of hydrogen-bond donors (Lipinski definition) is 0. The highest BCUT2D eigenvalue weighted by molar-refractivity contribution is 9.10. The van der Waals surface area contributed by atoms with Gasteiger partial charge in [0.2, 0.25) is 0 Å². The van der Waals surface area contributed by atoms with E-state index in [9.17, 15) is 5.26 Å². The number of halogens is 4. The highest BCUT2D eigenvalue weighted by atomic mass is 79.9. The lowest BCUT2D eigenvalue weighted by molar-refractivity contribution is 0.282. The van der Waals surface area contributed by atoms with Gasteiger partial charge in [-0.25, -0.2) is 0 Å². The molecule has 152 valence electrons. The van der Waals surface area contributed by atoms with E-state index in [1.165, 1.54) is 0 Å². The van der Waals surface area contributed by atoms with E-state index in [0.717, 1.165) is 20.1 Å². The first-order valence-corrected chi connectivity index (χ1v) is 11.1. The van der Waals surface area contributed by atoms with Crippen molar-refractivity contribution in [2.24, 2.45) is 0 Å². The molecule has 0 aromatic heterocycles. The molecule has 0 spiro atoms. The highest BCUT2D eigenvalue weighted by Gasteiger charge is 2.13. The molecule has 0 atom stereocenters. The Labute approximate surface area is 202 Å². The van der Waals surface area contributed by atoms with Crippen molar-refractivity contribution in [2.75, 3.05) is 7.11 Å². The van der Waals surface area contributed by atoms with E-state index in [1.807, 2.05) is 36.4 Å². The fraction of sp³-hybridized carbons (Fsp3) is 0.0870. The molecule has 0 aliphatic carbocycles. The Morgan fingerprint density at radius 1 is 1.03 bits per heavy atom. The molecular formula is C23H15Br2Cl2NO2. The van der Waals surface area contributed by atoms with Crippen molar-refractivity contribution >= 4 is 66.7 Å². The highest BCUT2D eigenvalue weighted by Crippen LogP contribution is 2.38. The van der Waals surface area contributed by atoms with Crippen LogP contribution in [-0.4, -0.2) is 7.11 Å². The molecule has 0 bridgehead atoms. The van der Waals surface area contributed by atoms with Crippen molar-refractivity contribution in [2.45, 2.75) is 6.61 Å². The predicted molar refractivity (Wildman–Crippen MR) is 129 cm³/mol. The second-order valence-corrected chi connectivity index (χ2v) is 8.83. The predicted octanol–water partition coefficient (Wildman–Crippen LogP) is 8.17. The second kappa shape index (κ2) is 10.4. The Balaban J connectivity index is 1.90. The van der Waals surface area contributed by atoms with Gasteiger partial charge in [-0.05, 0) is 75.1 Å². The molecule has 3 aromatic rings. The van der Waals surface area contributed by atoms with E-state index >= 15 is 0 Å². The maximum absolute atomic E-state index is 9.62. The van der Waals surface area contributed by atoms with Gasteiger partial charge in [0.05, 0.1) is 33.3 Å². The van der Waals surface area contributed by atoms with Crippen LogP contribution in [0.3, 0.4) is 0 Å². The number of benzene rings is 3. The monoisotopic (exact) mass is 565 g/mol.